The van der Waals surface area contributed by atoms with Gasteiger partial charge >= 0.3 is 7.12 Å². The maximum absolute atomic E-state index is 9.35. The summed E-state index contributed by atoms with van der Waals surface area (Å²) in [6, 6.07) is 119. The number of hydrogen-bond donors (Lipinski definition) is 2. The van der Waals surface area contributed by atoms with E-state index in [9.17, 15) is 10.0 Å². The number of rotatable bonds is 8. The van der Waals surface area contributed by atoms with Crippen molar-refractivity contribution in [3.05, 3.63) is 344 Å². The van der Waals surface area contributed by atoms with Crippen LogP contribution in [0.25, 0.3) is 165 Å². The van der Waals surface area contributed by atoms with Crippen LogP contribution in [0.5, 0.6) is 0 Å². The highest BCUT2D eigenvalue weighted by atomic mass is 79.9. The molecule has 0 unspecified atom stereocenters. The highest BCUT2D eigenvalue weighted by molar-refractivity contribution is 9.10. The Balaban J connectivity index is 0.000000121. The molecule has 18 rings (SSSR count). The van der Waals surface area contributed by atoms with Crippen molar-refractivity contribution in [2.75, 3.05) is 0 Å². The van der Waals surface area contributed by atoms with E-state index in [1.54, 1.807) is 12.1 Å². The molecule has 0 bridgehead atoms. The minimum Gasteiger partial charge on any atom is -0.455 e. The molecule has 0 saturated carbocycles. The summed E-state index contributed by atoms with van der Waals surface area (Å²) in [6.07, 6.45) is 0. The van der Waals surface area contributed by atoms with Crippen molar-refractivity contribution in [1.82, 2.24) is 0 Å². The van der Waals surface area contributed by atoms with Crippen LogP contribution in [0.2, 0.25) is 0 Å². The van der Waals surface area contributed by atoms with Crippen molar-refractivity contribution >= 4 is 115 Å². The van der Waals surface area contributed by atoms with Crippen LogP contribution < -0.4 is 5.46 Å². The van der Waals surface area contributed by atoms with Crippen LogP contribution in [0.15, 0.2) is 353 Å². The van der Waals surface area contributed by atoms with Crippen molar-refractivity contribution in [2.45, 2.75) is 0 Å². The maximum Gasteiger partial charge on any atom is 0.488 e. The summed E-state index contributed by atoms with van der Waals surface area (Å²) >= 11 is 3.68. The fourth-order valence-electron chi connectivity index (χ4n) is 13.9. The third kappa shape index (κ3) is 10.7. The molecule has 0 atom stereocenters. The molecule has 0 saturated heterocycles. The Bertz CT molecular complexity index is 5840. The van der Waals surface area contributed by atoms with Gasteiger partial charge in [0, 0.05) is 37.1 Å². The first-order chi connectivity index (χ1) is 46.4. The van der Waals surface area contributed by atoms with Gasteiger partial charge in [-0.3, -0.25) is 0 Å². The summed E-state index contributed by atoms with van der Waals surface area (Å²) in [5.74, 6) is 0. The zero-order valence-electron chi connectivity index (χ0n) is 51.0. The van der Waals surface area contributed by atoms with Gasteiger partial charge in [0.05, 0.1) is 0 Å². The van der Waals surface area contributed by atoms with E-state index in [1.165, 1.54) is 98.7 Å². The molecule has 0 spiro atoms. The van der Waals surface area contributed by atoms with E-state index in [1.807, 2.05) is 66.7 Å². The van der Waals surface area contributed by atoms with Gasteiger partial charge in [0.2, 0.25) is 0 Å². The van der Waals surface area contributed by atoms with Gasteiger partial charge in [-0.2, -0.15) is 0 Å². The zero-order chi connectivity index (χ0) is 63.1. The lowest BCUT2D eigenvalue weighted by Gasteiger charge is -2.19. The summed E-state index contributed by atoms with van der Waals surface area (Å²) in [5, 5.41) is 33.3. The van der Waals surface area contributed by atoms with E-state index in [-0.39, 0.29) is 0 Å². The lowest BCUT2D eigenvalue weighted by atomic mass is 9.79. The van der Waals surface area contributed by atoms with E-state index < -0.39 is 7.12 Å². The first-order valence-corrected chi connectivity index (χ1v) is 32.4. The predicted molar refractivity (Wildman–Crippen MR) is 399 cm³/mol. The molecule has 2 N–H and O–H groups in total. The summed E-state index contributed by atoms with van der Waals surface area (Å²) in [4.78, 5) is 0. The largest absolute Gasteiger partial charge is 0.488 e. The molecule has 0 fully saturated rings. The van der Waals surface area contributed by atoms with Crippen molar-refractivity contribution < 1.29 is 18.9 Å². The molecule has 4 nitrogen and oxygen atoms in total. The van der Waals surface area contributed by atoms with Crippen molar-refractivity contribution in [2.24, 2.45) is 0 Å². The van der Waals surface area contributed by atoms with Crippen LogP contribution in [0.3, 0.4) is 0 Å². The van der Waals surface area contributed by atoms with Crippen LogP contribution in [0.1, 0.15) is 0 Å². The van der Waals surface area contributed by atoms with Crippen LogP contribution in [0.4, 0.5) is 0 Å². The quantitative estimate of drug-likeness (QED) is 0.118. The number of para-hydroxylation sites is 4. The van der Waals surface area contributed by atoms with Crippen LogP contribution in [0, 0.1) is 0 Å². The molecule has 6 heteroatoms. The molecule has 94 heavy (non-hydrogen) atoms. The minimum atomic E-state index is -1.48. The Morgan fingerprint density at radius 2 is 0.543 bits per heavy atom. The van der Waals surface area contributed by atoms with E-state index in [4.69, 9.17) is 8.83 Å². The number of fused-ring (bicyclic) bond motifs is 10. The van der Waals surface area contributed by atoms with Crippen LogP contribution in [-0.4, -0.2) is 17.2 Å². The van der Waals surface area contributed by atoms with Gasteiger partial charge in [-0.15, -0.1) is 0 Å². The number of benzene rings is 16. The lowest BCUT2D eigenvalue weighted by Crippen LogP contribution is -2.29. The van der Waals surface area contributed by atoms with Gasteiger partial charge in [-0.25, -0.2) is 0 Å². The second-order valence-electron chi connectivity index (χ2n) is 23.6. The Labute approximate surface area is 552 Å². The number of furan rings is 2. The topological polar surface area (TPSA) is 66.7 Å². The highest BCUT2D eigenvalue weighted by Gasteiger charge is 2.21. The van der Waals surface area contributed by atoms with Crippen LogP contribution >= 0.6 is 15.9 Å². The lowest BCUT2D eigenvalue weighted by molar-refractivity contribution is 0.426. The zero-order valence-corrected chi connectivity index (χ0v) is 52.6. The number of halogens is 1. The van der Waals surface area contributed by atoms with Crippen molar-refractivity contribution in [3.63, 3.8) is 0 Å². The molecule has 0 aliphatic rings. The first kappa shape index (κ1) is 57.8. The Hall–Kier alpha value is -11.4. The second-order valence-corrected chi connectivity index (χ2v) is 24.6. The van der Waals surface area contributed by atoms with Gasteiger partial charge in [0.15, 0.2) is 0 Å². The van der Waals surface area contributed by atoms with E-state index in [0.717, 1.165) is 70.6 Å². The summed E-state index contributed by atoms with van der Waals surface area (Å²) in [7, 11) is -1.48. The van der Waals surface area contributed by atoms with Gasteiger partial charge in [0.25, 0.3) is 0 Å². The molecule has 0 aliphatic heterocycles. The van der Waals surface area contributed by atoms with Gasteiger partial charge in [-0.1, -0.05) is 319 Å². The SMILES string of the molecule is Brc1ccc2c(-c3ccccc3)c3ccccc3c(-c3ccccc3)c2c1.OB(O)c1cccc(-c2cccc3c2oc2ccccc23)c1.c1ccc(-c2c3ccccc3c(-c3ccccc3)c3cc(-c4cccc(-c5cccc6c5oc5ccccc56)c4)ccc23)cc1. The molecular formula is C88H58BBrO4. The Kier molecular flexibility index (Phi) is 15.4. The van der Waals surface area contributed by atoms with E-state index in [0.29, 0.717) is 5.46 Å². The van der Waals surface area contributed by atoms with Gasteiger partial charge < -0.3 is 18.9 Å². The average molecular weight is 1270 g/mol. The Morgan fingerprint density at radius 3 is 1.00 bits per heavy atom. The fraction of sp³-hybridized carbons (Fsp3) is 0. The standard InChI is InChI=1S/C44H28O.C26H17Br.C18H13BO3/c1-3-13-29(14-4-1)42-36-20-7-8-21-37(36)43(30-15-5-2-6-16-30)40-28-32(25-26-38(40)42)31-17-11-18-33(27-31)34-22-12-23-39-35-19-9-10-24-41(35)45-44(34)39;27-20-15-16-23-24(17-20)26(19-11-5-2-6-12-19)22-14-8-7-13-21(22)25(23)18-9-3-1-4-10-18;20-19(21)13-6-3-5-12(11-13)14-8-4-9-16-15-7-1-2-10-17(15)22-18(14)16/h1-28H;1-17H;1-11,20-21H. The minimum absolute atomic E-state index is 0.464. The molecule has 0 amide bonds. The normalized spacial score (nSPS) is 11.4. The molecule has 18 aromatic rings. The predicted octanol–water partition coefficient (Wildman–Crippen LogP) is 23.6. The van der Waals surface area contributed by atoms with Crippen LogP contribution in [-0.2, 0) is 0 Å². The molecule has 444 valence electrons. The molecular weight excluding hydrogens is 1210 g/mol. The van der Waals surface area contributed by atoms with Crippen molar-refractivity contribution in [1.29, 1.82) is 0 Å². The van der Waals surface area contributed by atoms with E-state index >= 15 is 0 Å². The molecule has 0 aliphatic carbocycles. The Morgan fingerprint density at radius 1 is 0.223 bits per heavy atom. The second kappa shape index (κ2) is 25.0. The molecule has 16 aromatic carbocycles. The van der Waals surface area contributed by atoms with Gasteiger partial charge in [0.1, 0.15) is 22.3 Å². The van der Waals surface area contributed by atoms with Gasteiger partial charge in [-0.05, 0) is 152 Å². The summed E-state index contributed by atoms with van der Waals surface area (Å²) < 4.78 is 13.5. The summed E-state index contributed by atoms with van der Waals surface area (Å²) in [6.45, 7) is 0. The smallest absolute Gasteiger partial charge is 0.455 e. The molecule has 2 aromatic heterocycles. The molecule has 2 heterocycles. The maximum atomic E-state index is 9.35. The third-order valence-corrected chi connectivity index (χ3v) is 18.6. The molecule has 0 radical (unpaired) electrons. The number of hydrogen-bond acceptors (Lipinski definition) is 4. The fourth-order valence-corrected chi connectivity index (χ4v) is 14.2. The average Bonchev–Trinajstić information content (AvgIpc) is 1.03. The highest BCUT2D eigenvalue weighted by Crippen LogP contribution is 2.47. The van der Waals surface area contributed by atoms with E-state index in [2.05, 4.69) is 277 Å². The monoisotopic (exact) mass is 1270 g/mol. The first-order valence-electron chi connectivity index (χ1n) is 31.6. The van der Waals surface area contributed by atoms with Crippen molar-refractivity contribution in [3.8, 4) is 77.9 Å². The summed E-state index contributed by atoms with van der Waals surface area (Å²) in [5.41, 5.74) is 20.5. The third-order valence-electron chi connectivity index (χ3n) is 18.1.